The average Bonchev–Trinajstić information content (AvgIpc) is 3.37. The molecule has 1 saturated carbocycles. The van der Waals surface area contributed by atoms with Crippen molar-refractivity contribution in [1.29, 1.82) is 0 Å². The minimum absolute atomic E-state index is 0.0643. The monoisotopic (exact) mass is 593 g/mol. The largest absolute Gasteiger partial charge is 0.459 e. The van der Waals surface area contributed by atoms with Crippen molar-refractivity contribution >= 4 is 40.1 Å². The number of aryl methyl sites for hydroxylation is 3. The second kappa shape index (κ2) is 11.6. The summed E-state index contributed by atoms with van der Waals surface area (Å²) in [6.45, 7) is 5.63. The Morgan fingerprint density at radius 1 is 1.11 bits per heavy atom. The van der Waals surface area contributed by atoms with E-state index in [4.69, 9.17) is 9.72 Å². The molecule has 4 N–H and O–H groups in total. The van der Waals surface area contributed by atoms with Crippen LogP contribution in [0.5, 0.6) is 6.01 Å². The number of amides is 1. The second-order valence-corrected chi connectivity index (χ2v) is 11.5. The predicted molar refractivity (Wildman–Crippen MR) is 168 cm³/mol. The fraction of sp³-hybridized carbons (Fsp3) is 0.355. The van der Waals surface area contributed by atoms with Gasteiger partial charge in [-0.1, -0.05) is 12.1 Å². The Bertz CT molecular complexity index is 1810. The number of benzene rings is 1. The highest BCUT2D eigenvalue weighted by Crippen LogP contribution is 2.33. The summed E-state index contributed by atoms with van der Waals surface area (Å²) in [6.07, 6.45) is 8.52. The highest BCUT2D eigenvalue weighted by molar-refractivity contribution is 6.06. The van der Waals surface area contributed by atoms with E-state index in [-0.39, 0.29) is 18.6 Å². The number of carbonyl (C=O) groups is 1. The molecule has 1 atom stereocenters. The molecule has 0 bridgehead atoms. The lowest BCUT2D eigenvalue weighted by atomic mass is 10.1. The molecule has 0 spiro atoms. The Kier molecular flexibility index (Phi) is 7.30. The fourth-order valence-electron chi connectivity index (χ4n) is 5.46. The number of anilines is 4. The van der Waals surface area contributed by atoms with Crippen LogP contribution >= 0.6 is 0 Å². The fourth-order valence-corrected chi connectivity index (χ4v) is 5.46. The summed E-state index contributed by atoms with van der Waals surface area (Å²) in [5.74, 6) is 1.85. The molecule has 226 valence electrons. The first kappa shape index (κ1) is 27.8. The van der Waals surface area contributed by atoms with Crippen LogP contribution in [0.3, 0.4) is 0 Å². The molecule has 1 aromatic carbocycles. The first-order valence-corrected chi connectivity index (χ1v) is 14.9. The third-order valence-electron chi connectivity index (χ3n) is 8.00. The van der Waals surface area contributed by atoms with Gasteiger partial charge in [-0.05, 0) is 50.8 Å². The van der Waals surface area contributed by atoms with Gasteiger partial charge in [-0.2, -0.15) is 10.1 Å². The Hall–Kier alpha value is -5.04. The molecule has 0 radical (unpaired) electrons. The number of aromatic amines is 1. The number of likely N-dealkylation sites (tertiary alicyclic amines) is 1. The van der Waals surface area contributed by atoms with Crippen molar-refractivity contribution in [3.05, 3.63) is 60.2 Å². The third-order valence-corrected chi connectivity index (χ3v) is 8.00. The van der Waals surface area contributed by atoms with Crippen LogP contribution in [0.25, 0.3) is 22.2 Å². The zero-order chi connectivity index (χ0) is 30.2. The average molecular weight is 594 g/mol. The van der Waals surface area contributed by atoms with Crippen molar-refractivity contribution in [3.8, 4) is 17.3 Å². The standard InChI is InChI=1S/C31H35N11O2/c1-18-14-34-30(37-26-13-19(2)41(3)40-26)39-28(18)23-15-33-29-22(23)5-4-6-24(29)36-27(43)17-42-12-10-21(16-42)44-31-32-11-9-25(38-31)35-20-7-8-20/h4-6,9,11,13-15,20-21,33H,7-8,10,12,16-17H2,1-3H3,(H,36,43)(H,32,35,38)(H,34,37,39,40)/t21-/m0/s1. The number of nitrogens with one attached hydrogen (secondary N) is 4. The van der Waals surface area contributed by atoms with E-state index < -0.39 is 0 Å². The number of para-hydroxylation sites is 1. The lowest BCUT2D eigenvalue weighted by Crippen LogP contribution is -2.33. The van der Waals surface area contributed by atoms with Crippen LogP contribution < -0.4 is 20.7 Å². The van der Waals surface area contributed by atoms with Crippen molar-refractivity contribution in [2.45, 2.75) is 45.3 Å². The molecule has 7 rings (SSSR count). The summed E-state index contributed by atoms with van der Waals surface area (Å²) < 4.78 is 7.84. The van der Waals surface area contributed by atoms with Gasteiger partial charge in [0, 0.05) is 67.5 Å². The van der Waals surface area contributed by atoms with Crippen molar-refractivity contribution < 1.29 is 9.53 Å². The Balaban J connectivity index is 1.00. The van der Waals surface area contributed by atoms with E-state index in [9.17, 15) is 4.79 Å². The molecule has 44 heavy (non-hydrogen) atoms. The molecule has 5 aromatic rings. The minimum atomic E-state index is -0.0865. The van der Waals surface area contributed by atoms with Gasteiger partial charge in [0.25, 0.3) is 0 Å². The van der Waals surface area contributed by atoms with Crippen LogP contribution in [0.15, 0.2) is 48.9 Å². The number of aromatic nitrogens is 7. The van der Waals surface area contributed by atoms with E-state index in [1.807, 2.05) is 57.4 Å². The minimum Gasteiger partial charge on any atom is -0.459 e. The van der Waals surface area contributed by atoms with E-state index in [1.54, 1.807) is 17.1 Å². The third kappa shape index (κ3) is 6.04. The van der Waals surface area contributed by atoms with Crippen LogP contribution in [0.2, 0.25) is 0 Å². The number of nitrogens with zero attached hydrogens (tertiary/aromatic N) is 7. The lowest BCUT2D eigenvalue weighted by Gasteiger charge is -2.16. The van der Waals surface area contributed by atoms with Crippen LogP contribution in [-0.4, -0.2) is 77.3 Å². The highest BCUT2D eigenvalue weighted by Gasteiger charge is 2.27. The van der Waals surface area contributed by atoms with Crippen LogP contribution in [0.1, 0.15) is 30.5 Å². The number of ether oxygens (including phenoxy) is 1. The van der Waals surface area contributed by atoms with Crippen LogP contribution in [-0.2, 0) is 11.8 Å². The Morgan fingerprint density at radius 3 is 2.82 bits per heavy atom. The molecule has 2 fully saturated rings. The topological polar surface area (TPSA) is 151 Å². The van der Waals surface area contributed by atoms with Crippen molar-refractivity contribution in [2.75, 3.05) is 35.6 Å². The Morgan fingerprint density at radius 2 is 2.00 bits per heavy atom. The quantitative estimate of drug-likeness (QED) is 0.186. The maximum Gasteiger partial charge on any atom is 0.318 e. The van der Waals surface area contributed by atoms with E-state index in [2.05, 4.69) is 45.9 Å². The van der Waals surface area contributed by atoms with Gasteiger partial charge in [0.1, 0.15) is 11.9 Å². The van der Waals surface area contributed by atoms with Gasteiger partial charge < -0.3 is 25.7 Å². The molecule has 1 aliphatic heterocycles. The van der Waals surface area contributed by atoms with Gasteiger partial charge in [0.2, 0.25) is 11.9 Å². The molecule has 1 amide bonds. The highest BCUT2D eigenvalue weighted by atomic mass is 16.5. The van der Waals surface area contributed by atoms with E-state index in [0.717, 1.165) is 52.2 Å². The molecule has 1 saturated heterocycles. The number of rotatable bonds is 10. The number of hydrogen-bond acceptors (Lipinski definition) is 10. The summed E-state index contributed by atoms with van der Waals surface area (Å²) in [5.41, 5.74) is 5.24. The summed E-state index contributed by atoms with van der Waals surface area (Å²) in [5, 5.41) is 15.1. The summed E-state index contributed by atoms with van der Waals surface area (Å²) in [6, 6.07) is 10.5. The van der Waals surface area contributed by atoms with Gasteiger partial charge in [-0.25, -0.2) is 15.0 Å². The maximum atomic E-state index is 13.1. The normalized spacial score (nSPS) is 16.8. The molecule has 0 unspecified atom stereocenters. The summed E-state index contributed by atoms with van der Waals surface area (Å²) in [4.78, 5) is 36.6. The summed E-state index contributed by atoms with van der Waals surface area (Å²) in [7, 11) is 1.89. The molecule has 5 heterocycles. The molecular formula is C31H35N11O2. The molecule has 1 aliphatic carbocycles. The second-order valence-electron chi connectivity index (χ2n) is 11.5. The van der Waals surface area contributed by atoms with Gasteiger partial charge >= 0.3 is 6.01 Å². The van der Waals surface area contributed by atoms with Gasteiger partial charge in [-0.15, -0.1) is 0 Å². The van der Waals surface area contributed by atoms with Gasteiger partial charge in [-0.3, -0.25) is 14.4 Å². The zero-order valence-electron chi connectivity index (χ0n) is 25.0. The van der Waals surface area contributed by atoms with Crippen LogP contribution in [0.4, 0.5) is 23.3 Å². The predicted octanol–water partition coefficient (Wildman–Crippen LogP) is 4.17. The van der Waals surface area contributed by atoms with Crippen LogP contribution in [0, 0.1) is 13.8 Å². The van der Waals surface area contributed by atoms with E-state index in [1.165, 1.54) is 12.8 Å². The van der Waals surface area contributed by atoms with E-state index >= 15 is 0 Å². The number of H-pyrrole nitrogens is 1. The summed E-state index contributed by atoms with van der Waals surface area (Å²) >= 11 is 0. The number of carbonyl (C=O) groups excluding carboxylic acids is 1. The molecule has 13 nitrogen and oxygen atoms in total. The van der Waals surface area contributed by atoms with Crippen molar-refractivity contribution in [3.63, 3.8) is 0 Å². The first-order valence-electron chi connectivity index (χ1n) is 14.9. The SMILES string of the molecule is Cc1cnc(Nc2cc(C)n(C)n2)nc1-c1c[nH]c2c(NC(=O)CN3CC[C@H](Oc4nccc(NC5CC5)n4)C3)cccc12. The Labute approximate surface area is 254 Å². The van der Waals surface area contributed by atoms with Crippen molar-refractivity contribution in [2.24, 2.45) is 7.05 Å². The zero-order valence-corrected chi connectivity index (χ0v) is 25.0. The maximum absolute atomic E-state index is 13.1. The lowest BCUT2D eigenvalue weighted by molar-refractivity contribution is -0.117. The smallest absolute Gasteiger partial charge is 0.318 e. The molecular weight excluding hydrogens is 558 g/mol. The van der Waals surface area contributed by atoms with E-state index in [0.29, 0.717) is 36.1 Å². The number of hydrogen-bond donors (Lipinski definition) is 4. The van der Waals surface area contributed by atoms with Crippen molar-refractivity contribution in [1.82, 2.24) is 39.6 Å². The molecule has 2 aliphatic rings. The van der Waals surface area contributed by atoms with Gasteiger partial charge in [0.05, 0.1) is 23.4 Å². The first-order chi connectivity index (χ1) is 21.4. The molecule has 4 aromatic heterocycles. The van der Waals surface area contributed by atoms with Gasteiger partial charge in [0.15, 0.2) is 5.82 Å². The number of fused-ring (bicyclic) bond motifs is 1. The molecule has 13 heteroatoms.